The van der Waals surface area contributed by atoms with E-state index in [2.05, 4.69) is 46.8 Å². The molecular weight excluding hydrogens is 420 g/mol. The van der Waals surface area contributed by atoms with Crippen molar-refractivity contribution in [1.82, 2.24) is 5.32 Å². The molecule has 1 amide bonds. The van der Waals surface area contributed by atoms with Crippen LogP contribution in [0.25, 0.3) is 0 Å². The van der Waals surface area contributed by atoms with E-state index in [4.69, 9.17) is 9.47 Å². The Morgan fingerprint density at radius 3 is 2.69 bits per heavy atom. The highest BCUT2D eigenvalue weighted by molar-refractivity contribution is 7.98. The second kappa shape index (κ2) is 9.17. The Kier molecular flexibility index (Phi) is 5.95. The molecule has 0 aromatic heterocycles. The summed E-state index contributed by atoms with van der Waals surface area (Å²) in [6.45, 7) is 2.74. The fourth-order valence-corrected chi connectivity index (χ4v) is 4.56. The summed E-state index contributed by atoms with van der Waals surface area (Å²) in [6.07, 6.45) is 3.91. The molecule has 32 heavy (non-hydrogen) atoms. The number of nitrogens with one attached hydrogen (secondary N) is 1. The zero-order valence-electron chi connectivity index (χ0n) is 18.1. The summed E-state index contributed by atoms with van der Waals surface area (Å²) in [5, 5.41) is 3.02. The van der Waals surface area contributed by atoms with Crippen molar-refractivity contribution in [3.63, 3.8) is 0 Å². The molecular formula is C26H26N2O3S. The molecule has 1 N–H and O–H groups in total. The standard InChI is InChI=1S/C26H26N2O3S/c1-32-22-7-3-18(4-8-22)17-27-26(29)20-5-9-23-25(16-20)30-13-2-12-28(23)21-6-10-24-19(15-21)11-14-31-24/h3-10,15-16H,2,11-14,17H2,1H3,(H,27,29). The molecule has 0 bridgehead atoms. The van der Waals surface area contributed by atoms with Gasteiger partial charge in [-0.25, -0.2) is 0 Å². The van der Waals surface area contributed by atoms with Gasteiger partial charge in [0.15, 0.2) is 0 Å². The zero-order valence-corrected chi connectivity index (χ0v) is 18.9. The van der Waals surface area contributed by atoms with Crippen molar-refractivity contribution in [3.05, 3.63) is 77.4 Å². The smallest absolute Gasteiger partial charge is 0.251 e. The Hall–Kier alpha value is -3.12. The Bertz CT molecular complexity index is 1130. The van der Waals surface area contributed by atoms with Gasteiger partial charge in [0.1, 0.15) is 11.5 Å². The first kappa shape index (κ1) is 20.8. The second-order valence-electron chi connectivity index (χ2n) is 7.96. The number of nitrogens with zero attached hydrogens (tertiary/aromatic N) is 1. The third-order valence-corrected chi connectivity index (χ3v) is 6.64. The van der Waals surface area contributed by atoms with E-state index in [0.717, 1.165) is 54.4 Å². The van der Waals surface area contributed by atoms with E-state index in [0.29, 0.717) is 18.7 Å². The third kappa shape index (κ3) is 4.28. The first-order chi connectivity index (χ1) is 15.7. The largest absolute Gasteiger partial charge is 0.493 e. The molecule has 6 heteroatoms. The van der Waals surface area contributed by atoms with Crippen LogP contribution in [-0.2, 0) is 13.0 Å². The normalized spacial score (nSPS) is 14.6. The summed E-state index contributed by atoms with van der Waals surface area (Å²) in [5.41, 5.74) is 5.05. The highest BCUT2D eigenvalue weighted by Gasteiger charge is 2.22. The van der Waals surface area contributed by atoms with Crippen molar-refractivity contribution < 1.29 is 14.3 Å². The molecule has 5 rings (SSSR count). The minimum Gasteiger partial charge on any atom is -0.493 e. The molecule has 0 saturated carbocycles. The van der Waals surface area contributed by atoms with Crippen LogP contribution in [0.2, 0.25) is 0 Å². The first-order valence-corrected chi connectivity index (χ1v) is 12.1. The van der Waals surface area contributed by atoms with Crippen molar-refractivity contribution in [1.29, 1.82) is 0 Å². The summed E-state index contributed by atoms with van der Waals surface area (Å²) >= 11 is 1.71. The molecule has 5 nitrogen and oxygen atoms in total. The van der Waals surface area contributed by atoms with Crippen LogP contribution in [-0.4, -0.2) is 31.9 Å². The van der Waals surface area contributed by atoms with E-state index in [1.807, 2.05) is 30.3 Å². The molecule has 0 unspecified atom stereocenters. The average Bonchev–Trinajstić information content (AvgIpc) is 3.21. The van der Waals surface area contributed by atoms with Crippen LogP contribution in [0.3, 0.4) is 0 Å². The second-order valence-corrected chi connectivity index (χ2v) is 8.84. The van der Waals surface area contributed by atoms with Crippen molar-refractivity contribution in [2.24, 2.45) is 0 Å². The Morgan fingerprint density at radius 1 is 1.00 bits per heavy atom. The monoisotopic (exact) mass is 446 g/mol. The first-order valence-electron chi connectivity index (χ1n) is 10.9. The lowest BCUT2D eigenvalue weighted by Crippen LogP contribution is -2.23. The Labute approximate surface area is 192 Å². The fraction of sp³-hybridized carbons (Fsp3) is 0.269. The summed E-state index contributed by atoms with van der Waals surface area (Å²) in [4.78, 5) is 16.3. The molecule has 0 spiro atoms. The number of amides is 1. The van der Waals surface area contributed by atoms with E-state index in [9.17, 15) is 4.79 Å². The van der Waals surface area contributed by atoms with Gasteiger partial charge in [-0.2, -0.15) is 0 Å². The van der Waals surface area contributed by atoms with Crippen LogP contribution < -0.4 is 19.7 Å². The van der Waals surface area contributed by atoms with Crippen LogP contribution in [0.1, 0.15) is 27.9 Å². The number of rotatable bonds is 5. The molecule has 2 aliphatic rings. The number of benzene rings is 3. The zero-order chi connectivity index (χ0) is 21.9. The molecule has 164 valence electrons. The van der Waals surface area contributed by atoms with Crippen molar-refractivity contribution in [3.8, 4) is 11.5 Å². The maximum Gasteiger partial charge on any atom is 0.251 e. The van der Waals surface area contributed by atoms with Crippen LogP contribution in [0.5, 0.6) is 11.5 Å². The van der Waals surface area contributed by atoms with Crippen molar-refractivity contribution >= 4 is 29.0 Å². The summed E-state index contributed by atoms with van der Waals surface area (Å²) in [5.74, 6) is 1.63. The van der Waals surface area contributed by atoms with Crippen molar-refractivity contribution in [2.75, 3.05) is 30.9 Å². The van der Waals surface area contributed by atoms with E-state index < -0.39 is 0 Å². The van der Waals surface area contributed by atoms with Crippen LogP contribution in [0.4, 0.5) is 11.4 Å². The predicted octanol–water partition coefficient (Wildman–Crippen LogP) is 5.19. The van der Waals surface area contributed by atoms with Crippen LogP contribution >= 0.6 is 11.8 Å². The number of thioether (sulfide) groups is 1. The molecule has 0 aliphatic carbocycles. The molecule has 0 atom stereocenters. The lowest BCUT2D eigenvalue weighted by Gasteiger charge is -2.24. The van der Waals surface area contributed by atoms with Gasteiger partial charge in [-0.1, -0.05) is 12.1 Å². The molecule has 3 aromatic rings. The highest BCUT2D eigenvalue weighted by atomic mass is 32.2. The summed E-state index contributed by atoms with van der Waals surface area (Å²) in [7, 11) is 0. The summed E-state index contributed by atoms with van der Waals surface area (Å²) in [6, 6.07) is 20.3. The van der Waals surface area contributed by atoms with Gasteiger partial charge in [0, 0.05) is 35.7 Å². The SMILES string of the molecule is CSc1ccc(CNC(=O)c2ccc3c(c2)OCCCN3c2ccc3c(c2)CCO3)cc1. The van der Waals surface area contributed by atoms with Gasteiger partial charge >= 0.3 is 0 Å². The number of hydrogen-bond donors (Lipinski definition) is 1. The quantitative estimate of drug-likeness (QED) is 0.547. The van der Waals surface area contributed by atoms with Gasteiger partial charge in [0.2, 0.25) is 0 Å². The Balaban J connectivity index is 1.34. The number of hydrogen-bond acceptors (Lipinski definition) is 5. The van der Waals surface area contributed by atoms with E-state index in [1.54, 1.807) is 11.8 Å². The lowest BCUT2D eigenvalue weighted by molar-refractivity contribution is 0.0950. The van der Waals surface area contributed by atoms with Gasteiger partial charge in [-0.3, -0.25) is 4.79 Å². The maximum atomic E-state index is 12.8. The van der Waals surface area contributed by atoms with Crippen LogP contribution in [0, 0.1) is 0 Å². The lowest BCUT2D eigenvalue weighted by atomic mass is 10.1. The van der Waals surface area contributed by atoms with Gasteiger partial charge < -0.3 is 19.7 Å². The van der Waals surface area contributed by atoms with Crippen LogP contribution in [0.15, 0.2) is 65.6 Å². The Morgan fingerprint density at radius 2 is 1.84 bits per heavy atom. The molecule has 2 heterocycles. The number of carbonyl (C=O) groups is 1. The molecule has 2 aliphatic heterocycles. The molecule has 0 saturated heterocycles. The number of anilines is 2. The van der Waals surface area contributed by atoms with Gasteiger partial charge in [-0.15, -0.1) is 11.8 Å². The minimum atomic E-state index is -0.101. The molecule has 0 radical (unpaired) electrons. The minimum absolute atomic E-state index is 0.101. The molecule has 3 aromatic carbocycles. The fourth-order valence-electron chi connectivity index (χ4n) is 4.16. The summed E-state index contributed by atoms with van der Waals surface area (Å²) < 4.78 is 11.7. The van der Waals surface area contributed by atoms with Crippen molar-refractivity contribution in [2.45, 2.75) is 24.3 Å². The molecule has 0 fully saturated rings. The topological polar surface area (TPSA) is 50.8 Å². The third-order valence-electron chi connectivity index (χ3n) is 5.89. The van der Waals surface area contributed by atoms with Gasteiger partial charge in [-0.05, 0) is 72.3 Å². The number of fused-ring (bicyclic) bond motifs is 2. The van der Waals surface area contributed by atoms with E-state index in [-0.39, 0.29) is 5.91 Å². The van der Waals surface area contributed by atoms with Gasteiger partial charge in [0.05, 0.1) is 18.9 Å². The average molecular weight is 447 g/mol. The van der Waals surface area contributed by atoms with Gasteiger partial charge in [0.25, 0.3) is 5.91 Å². The number of carbonyl (C=O) groups excluding carboxylic acids is 1. The maximum absolute atomic E-state index is 12.8. The predicted molar refractivity (Wildman–Crippen MR) is 129 cm³/mol. The number of ether oxygens (including phenoxy) is 2. The van der Waals surface area contributed by atoms with E-state index >= 15 is 0 Å². The highest BCUT2D eigenvalue weighted by Crippen LogP contribution is 2.39. The van der Waals surface area contributed by atoms with E-state index in [1.165, 1.54) is 10.5 Å².